The van der Waals surface area contributed by atoms with Crippen LogP contribution in [0.1, 0.15) is 0 Å². The molecule has 0 unspecified atom stereocenters. The zero-order chi connectivity index (χ0) is 21.2. The first-order valence-electron chi connectivity index (χ1n) is 10.0. The highest BCUT2D eigenvalue weighted by Gasteiger charge is 2.18. The molecule has 1 saturated heterocycles. The lowest BCUT2D eigenvalue weighted by atomic mass is 10.0. The Morgan fingerprint density at radius 1 is 1.19 bits per heavy atom. The Morgan fingerprint density at radius 2 is 2.13 bits per heavy atom. The van der Waals surface area contributed by atoms with Crippen LogP contribution in [0, 0.1) is 0 Å². The summed E-state index contributed by atoms with van der Waals surface area (Å²) >= 11 is 1.68. The number of benzene rings is 1. The highest BCUT2D eigenvalue weighted by molar-refractivity contribution is 7.22. The van der Waals surface area contributed by atoms with E-state index in [1.54, 1.807) is 34.8 Å². The second-order valence-electron chi connectivity index (χ2n) is 7.21. The number of carbonyl (C=O) groups is 1. The second kappa shape index (κ2) is 8.19. The van der Waals surface area contributed by atoms with Gasteiger partial charge in [-0.3, -0.25) is 4.98 Å². The van der Waals surface area contributed by atoms with E-state index >= 15 is 0 Å². The fourth-order valence-corrected chi connectivity index (χ4v) is 4.82. The van der Waals surface area contributed by atoms with Crippen LogP contribution in [0.15, 0.2) is 55.0 Å². The minimum atomic E-state index is -0.0209. The second-order valence-corrected chi connectivity index (χ2v) is 8.26. The molecular weight excluding hydrogens is 410 g/mol. The Kier molecular flexibility index (Phi) is 5.09. The van der Waals surface area contributed by atoms with Gasteiger partial charge in [0.1, 0.15) is 0 Å². The summed E-state index contributed by atoms with van der Waals surface area (Å²) in [6.45, 7) is 2.63. The van der Waals surface area contributed by atoms with E-state index in [4.69, 9.17) is 5.73 Å². The van der Waals surface area contributed by atoms with Crippen molar-refractivity contribution in [1.82, 2.24) is 25.2 Å². The van der Waals surface area contributed by atoms with Crippen molar-refractivity contribution in [2.24, 2.45) is 0 Å². The first-order chi connectivity index (χ1) is 15.2. The van der Waals surface area contributed by atoms with Gasteiger partial charge in [-0.05, 0) is 23.6 Å². The number of carbonyl (C=O) groups excluding carboxylic acids is 1. The third-order valence-electron chi connectivity index (χ3n) is 5.20. The van der Waals surface area contributed by atoms with E-state index in [-0.39, 0.29) is 6.03 Å². The van der Waals surface area contributed by atoms with E-state index in [9.17, 15) is 4.79 Å². The van der Waals surface area contributed by atoms with E-state index in [0.29, 0.717) is 31.3 Å². The maximum Gasteiger partial charge on any atom is 0.317 e. The van der Waals surface area contributed by atoms with Gasteiger partial charge < -0.3 is 21.3 Å². The third-order valence-corrected chi connectivity index (χ3v) is 6.41. The topological polar surface area (TPSA) is 109 Å². The van der Waals surface area contributed by atoms with Crippen molar-refractivity contribution in [3.05, 3.63) is 55.0 Å². The predicted octanol–water partition coefficient (Wildman–Crippen LogP) is 3.44. The van der Waals surface area contributed by atoms with Gasteiger partial charge in [0.25, 0.3) is 0 Å². The Bertz CT molecular complexity index is 1260. The zero-order valence-corrected chi connectivity index (χ0v) is 17.5. The average molecular weight is 432 g/mol. The minimum absolute atomic E-state index is 0.0209. The number of nitrogens with one attached hydrogen (secondary N) is 2. The van der Waals surface area contributed by atoms with Gasteiger partial charge in [0, 0.05) is 54.4 Å². The number of aromatic nitrogens is 3. The van der Waals surface area contributed by atoms with Crippen LogP contribution >= 0.6 is 11.3 Å². The molecule has 31 heavy (non-hydrogen) atoms. The number of rotatable bonds is 6. The number of thiophene rings is 1. The SMILES string of the molecule is Nc1cnccc1-c1cccc2cc(-c3ccnc(NCCN4CCNC4=O)n3)sc12. The van der Waals surface area contributed by atoms with Gasteiger partial charge in [-0.2, -0.15) is 0 Å². The molecule has 9 heteroatoms. The fourth-order valence-electron chi connectivity index (χ4n) is 3.66. The number of nitrogen functional groups attached to an aromatic ring is 1. The first kappa shape index (κ1) is 19.3. The molecule has 1 fully saturated rings. The number of hydrogen-bond acceptors (Lipinski definition) is 7. The number of pyridine rings is 1. The molecule has 5 rings (SSSR count). The molecule has 0 saturated carbocycles. The van der Waals surface area contributed by atoms with Crippen molar-refractivity contribution in [3.8, 4) is 21.7 Å². The van der Waals surface area contributed by atoms with E-state index in [1.165, 1.54) is 0 Å². The Labute approximate surface area is 183 Å². The largest absolute Gasteiger partial charge is 0.397 e. The molecule has 0 atom stereocenters. The smallest absolute Gasteiger partial charge is 0.317 e. The fraction of sp³-hybridized carbons (Fsp3) is 0.182. The van der Waals surface area contributed by atoms with Crippen LogP contribution in [0.2, 0.25) is 0 Å². The molecule has 0 aliphatic carbocycles. The first-order valence-corrected chi connectivity index (χ1v) is 10.8. The summed E-state index contributed by atoms with van der Waals surface area (Å²) < 4.78 is 1.16. The predicted molar refractivity (Wildman–Crippen MR) is 124 cm³/mol. The highest BCUT2D eigenvalue weighted by atomic mass is 32.1. The summed E-state index contributed by atoms with van der Waals surface area (Å²) in [5.41, 5.74) is 9.74. The van der Waals surface area contributed by atoms with E-state index in [0.717, 1.165) is 38.3 Å². The Balaban J connectivity index is 1.40. The normalized spacial score (nSPS) is 13.5. The maximum absolute atomic E-state index is 11.6. The molecule has 8 nitrogen and oxygen atoms in total. The molecule has 1 aliphatic heterocycles. The van der Waals surface area contributed by atoms with Crippen molar-refractivity contribution in [3.63, 3.8) is 0 Å². The summed E-state index contributed by atoms with van der Waals surface area (Å²) in [4.78, 5) is 27.6. The van der Waals surface area contributed by atoms with Crippen molar-refractivity contribution in [2.75, 3.05) is 37.2 Å². The van der Waals surface area contributed by atoms with Crippen LogP contribution in [0.5, 0.6) is 0 Å². The molecule has 4 heterocycles. The summed E-state index contributed by atoms with van der Waals surface area (Å²) in [6, 6.07) is 12.2. The maximum atomic E-state index is 11.6. The summed E-state index contributed by atoms with van der Waals surface area (Å²) in [7, 11) is 0. The summed E-state index contributed by atoms with van der Waals surface area (Å²) in [5, 5.41) is 7.16. The molecule has 4 N–H and O–H groups in total. The minimum Gasteiger partial charge on any atom is -0.397 e. The van der Waals surface area contributed by atoms with Crippen molar-refractivity contribution in [1.29, 1.82) is 0 Å². The van der Waals surface area contributed by atoms with Gasteiger partial charge in [-0.25, -0.2) is 14.8 Å². The summed E-state index contributed by atoms with van der Waals surface area (Å²) in [6.07, 6.45) is 5.18. The van der Waals surface area contributed by atoms with Gasteiger partial charge in [0.15, 0.2) is 0 Å². The molecule has 3 aromatic heterocycles. The third kappa shape index (κ3) is 3.87. The Hall–Kier alpha value is -3.72. The number of amides is 2. The lowest BCUT2D eigenvalue weighted by Gasteiger charge is -2.14. The summed E-state index contributed by atoms with van der Waals surface area (Å²) in [5.74, 6) is 0.549. The monoisotopic (exact) mass is 431 g/mol. The van der Waals surface area contributed by atoms with Crippen molar-refractivity contribution < 1.29 is 4.79 Å². The van der Waals surface area contributed by atoms with Gasteiger partial charge in [-0.1, -0.05) is 18.2 Å². The van der Waals surface area contributed by atoms with E-state index in [2.05, 4.69) is 43.8 Å². The highest BCUT2D eigenvalue weighted by Crippen LogP contribution is 2.40. The molecule has 0 spiro atoms. The number of nitrogens with zero attached hydrogens (tertiary/aromatic N) is 4. The molecule has 1 aromatic carbocycles. The van der Waals surface area contributed by atoms with Crippen LogP contribution < -0.4 is 16.4 Å². The number of nitrogens with two attached hydrogens (primary N) is 1. The number of urea groups is 1. The standard InChI is InChI=1S/C22H21N7OS/c23-17-13-24-6-4-15(17)16-3-1-2-14-12-19(31-20(14)16)18-5-7-25-21(28-18)26-8-10-29-11-9-27-22(29)30/h1-7,12-13H,8-11,23H2,(H,27,30)(H,25,26,28). The van der Waals surface area contributed by atoms with Crippen LogP contribution in [0.25, 0.3) is 31.8 Å². The van der Waals surface area contributed by atoms with Gasteiger partial charge in [-0.15, -0.1) is 11.3 Å². The lowest BCUT2D eigenvalue weighted by molar-refractivity contribution is 0.219. The molecule has 156 valence electrons. The van der Waals surface area contributed by atoms with Crippen molar-refractivity contribution >= 4 is 39.1 Å². The van der Waals surface area contributed by atoms with Crippen LogP contribution in [-0.2, 0) is 0 Å². The van der Waals surface area contributed by atoms with E-state index < -0.39 is 0 Å². The van der Waals surface area contributed by atoms with Crippen LogP contribution in [0.4, 0.5) is 16.4 Å². The van der Waals surface area contributed by atoms with Gasteiger partial charge in [0.05, 0.1) is 22.5 Å². The zero-order valence-electron chi connectivity index (χ0n) is 16.7. The number of anilines is 2. The van der Waals surface area contributed by atoms with Crippen LogP contribution in [0.3, 0.4) is 0 Å². The Morgan fingerprint density at radius 3 is 2.97 bits per heavy atom. The molecule has 1 aliphatic rings. The van der Waals surface area contributed by atoms with E-state index in [1.807, 2.05) is 18.2 Å². The van der Waals surface area contributed by atoms with Gasteiger partial charge in [0.2, 0.25) is 5.95 Å². The molecule has 2 amide bonds. The quantitative estimate of drug-likeness (QED) is 0.431. The molecular formula is C22H21N7OS. The molecule has 0 bridgehead atoms. The number of hydrogen-bond donors (Lipinski definition) is 3. The molecule has 0 radical (unpaired) electrons. The number of fused-ring (bicyclic) bond motifs is 1. The van der Waals surface area contributed by atoms with Crippen LogP contribution in [-0.4, -0.2) is 52.1 Å². The van der Waals surface area contributed by atoms with Crippen molar-refractivity contribution in [2.45, 2.75) is 0 Å². The molecule has 4 aromatic rings. The average Bonchev–Trinajstić information content (AvgIpc) is 3.41. The van der Waals surface area contributed by atoms with Gasteiger partial charge >= 0.3 is 6.03 Å². The lowest BCUT2D eigenvalue weighted by Crippen LogP contribution is -2.32.